The summed E-state index contributed by atoms with van der Waals surface area (Å²) in [6.07, 6.45) is 1.31. The Labute approximate surface area is 124 Å². The van der Waals surface area contributed by atoms with E-state index in [1.54, 1.807) is 6.07 Å². The zero-order chi connectivity index (χ0) is 15.1. The molecule has 2 aliphatic rings. The number of aliphatic hydroxyl groups is 1. The quantitative estimate of drug-likeness (QED) is 0.901. The van der Waals surface area contributed by atoms with Gasteiger partial charge in [-0.15, -0.1) is 0 Å². The van der Waals surface area contributed by atoms with Crippen molar-refractivity contribution in [3.63, 3.8) is 0 Å². The van der Waals surface area contributed by atoms with Crippen LogP contribution in [0.5, 0.6) is 11.5 Å². The molecule has 0 radical (unpaired) electrons. The van der Waals surface area contributed by atoms with Crippen LogP contribution in [0.15, 0.2) is 23.1 Å². The Kier molecular flexibility index (Phi) is 3.59. The second-order valence-electron chi connectivity index (χ2n) is 5.51. The van der Waals surface area contributed by atoms with Crippen molar-refractivity contribution in [1.82, 2.24) is 4.31 Å². The van der Waals surface area contributed by atoms with Crippen molar-refractivity contribution < 1.29 is 23.0 Å². The molecular weight excluding hydrogens is 294 g/mol. The highest BCUT2D eigenvalue weighted by molar-refractivity contribution is 7.89. The second-order valence-corrected chi connectivity index (χ2v) is 7.45. The van der Waals surface area contributed by atoms with Crippen molar-refractivity contribution in [3.05, 3.63) is 18.2 Å². The summed E-state index contributed by atoms with van der Waals surface area (Å²) in [5, 5.41) is 9.98. The van der Waals surface area contributed by atoms with Gasteiger partial charge in [0, 0.05) is 25.6 Å². The van der Waals surface area contributed by atoms with Crippen LogP contribution in [0.25, 0.3) is 0 Å². The standard InChI is InChI=1S/C14H19NO5S/c1-2-14(16)9-15(10-14)21(17,18)11-4-5-12-13(8-11)20-7-3-6-19-12/h4-5,8,16H,2-3,6-7,9-10H2,1H3. The number of nitrogens with zero attached hydrogens (tertiary/aromatic N) is 1. The molecule has 0 amide bonds. The van der Waals surface area contributed by atoms with Crippen molar-refractivity contribution in [1.29, 1.82) is 0 Å². The third-order valence-electron chi connectivity index (χ3n) is 3.96. The number of rotatable bonds is 3. The molecule has 0 aromatic heterocycles. The summed E-state index contributed by atoms with van der Waals surface area (Å²) in [6, 6.07) is 4.64. The van der Waals surface area contributed by atoms with Crippen LogP contribution in [-0.4, -0.2) is 49.7 Å². The van der Waals surface area contributed by atoms with Gasteiger partial charge in [0.2, 0.25) is 10.0 Å². The van der Waals surface area contributed by atoms with Gasteiger partial charge < -0.3 is 14.6 Å². The number of benzene rings is 1. The topological polar surface area (TPSA) is 76.1 Å². The zero-order valence-electron chi connectivity index (χ0n) is 11.9. The summed E-state index contributed by atoms with van der Waals surface area (Å²) in [4.78, 5) is 0.171. The SMILES string of the molecule is CCC1(O)CN(S(=O)(=O)c2ccc3c(c2)OCCCO3)C1. The molecule has 0 aliphatic carbocycles. The zero-order valence-corrected chi connectivity index (χ0v) is 12.7. The van der Waals surface area contributed by atoms with Gasteiger partial charge in [-0.3, -0.25) is 0 Å². The molecule has 2 aliphatic heterocycles. The molecule has 1 aromatic rings. The lowest BCUT2D eigenvalue weighted by Crippen LogP contribution is -2.62. The van der Waals surface area contributed by atoms with Crippen molar-refractivity contribution in [3.8, 4) is 11.5 Å². The van der Waals surface area contributed by atoms with Crippen LogP contribution in [-0.2, 0) is 10.0 Å². The summed E-state index contributed by atoms with van der Waals surface area (Å²) in [7, 11) is -3.59. The van der Waals surface area contributed by atoms with Gasteiger partial charge in [0.15, 0.2) is 11.5 Å². The van der Waals surface area contributed by atoms with Crippen molar-refractivity contribution in [2.75, 3.05) is 26.3 Å². The summed E-state index contributed by atoms with van der Waals surface area (Å²) in [5.41, 5.74) is -0.891. The fraction of sp³-hybridized carbons (Fsp3) is 0.571. The average Bonchev–Trinajstić information content (AvgIpc) is 2.68. The largest absolute Gasteiger partial charge is 0.490 e. The van der Waals surface area contributed by atoms with Crippen LogP contribution in [0.4, 0.5) is 0 Å². The first kappa shape index (κ1) is 14.6. The van der Waals surface area contributed by atoms with E-state index in [0.717, 1.165) is 6.42 Å². The molecule has 6 nitrogen and oxygen atoms in total. The highest BCUT2D eigenvalue weighted by Crippen LogP contribution is 2.35. The molecule has 2 heterocycles. The molecule has 3 rings (SSSR count). The molecular formula is C14H19NO5S. The van der Waals surface area contributed by atoms with Crippen LogP contribution >= 0.6 is 0 Å². The summed E-state index contributed by atoms with van der Waals surface area (Å²) in [5.74, 6) is 1.03. The number of ether oxygens (including phenoxy) is 2. The Morgan fingerprint density at radius 2 is 1.90 bits per heavy atom. The lowest BCUT2D eigenvalue weighted by atomic mass is 9.94. The van der Waals surface area contributed by atoms with Gasteiger partial charge in [-0.05, 0) is 18.6 Å². The van der Waals surface area contributed by atoms with Gasteiger partial charge in [0.05, 0.1) is 23.7 Å². The number of fused-ring (bicyclic) bond motifs is 1. The minimum atomic E-state index is -3.59. The maximum Gasteiger partial charge on any atom is 0.243 e. The Bertz CT molecular complexity index is 637. The van der Waals surface area contributed by atoms with E-state index in [-0.39, 0.29) is 18.0 Å². The maximum atomic E-state index is 12.5. The van der Waals surface area contributed by atoms with Crippen LogP contribution in [0.1, 0.15) is 19.8 Å². The third-order valence-corrected chi connectivity index (χ3v) is 5.74. The molecule has 0 unspecified atom stereocenters. The second kappa shape index (κ2) is 5.15. The van der Waals surface area contributed by atoms with Crippen LogP contribution in [0.2, 0.25) is 0 Å². The van der Waals surface area contributed by atoms with Crippen molar-refractivity contribution >= 4 is 10.0 Å². The molecule has 1 N–H and O–H groups in total. The summed E-state index contributed by atoms with van der Waals surface area (Å²) in [6.45, 7) is 3.20. The van der Waals surface area contributed by atoms with E-state index >= 15 is 0 Å². The number of hydrogen-bond acceptors (Lipinski definition) is 5. The highest BCUT2D eigenvalue weighted by atomic mass is 32.2. The van der Waals surface area contributed by atoms with Crippen molar-refractivity contribution in [2.45, 2.75) is 30.3 Å². The Hall–Kier alpha value is -1.31. The number of β-amino-alcohol motifs (C(OH)–C–C–N with tert-alkyl or cyclic N) is 1. The summed E-state index contributed by atoms with van der Waals surface area (Å²) >= 11 is 0. The first-order valence-corrected chi connectivity index (χ1v) is 8.51. The monoisotopic (exact) mass is 313 g/mol. The molecule has 0 spiro atoms. The van der Waals surface area contributed by atoms with Crippen molar-refractivity contribution in [2.24, 2.45) is 0 Å². The molecule has 116 valence electrons. The van der Waals surface area contributed by atoms with E-state index in [4.69, 9.17) is 9.47 Å². The molecule has 21 heavy (non-hydrogen) atoms. The van der Waals surface area contributed by atoms with Crippen LogP contribution < -0.4 is 9.47 Å². The third kappa shape index (κ3) is 2.61. The Morgan fingerprint density at radius 3 is 2.57 bits per heavy atom. The van der Waals surface area contributed by atoms with E-state index in [2.05, 4.69) is 0 Å². The van der Waals surface area contributed by atoms with Gasteiger partial charge in [-0.1, -0.05) is 6.92 Å². The van der Waals surface area contributed by atoms with Gasteiger partial charge in [-0.2, -0.15) is 4.31 Å². The van der Waals surface area contributed by atoms with E-state index in [0.29, 0.717) is 31.1 Å². The van der Waals surface area contributed by atoms with Crippen LogP contribution in [0, 0.1) is 0 Å². The lowest BCUT2D eigenvalue weighted by Gasteiger charge is -2.44. The molecule has 0 saturated carbocycles. The molecule has 1 saturated heterocycles. The molecule has 1 aromatic carbocycles. The van der Waals surface area contributed by atoms with Gasteiger partial charge in [0.25, 0.3) is 0 Å². The molecule has 0 atom stereocenters. The summed E-state index contributed by atoms with van der Waals surface area (Å²) < 4.78 is 37.3. The number of hydrogen-bond donors (Lipinski definition) is 1. The van der Waals surface area contributed by atoms with E-state index in [1.165, 1.54) is 16.4 Å². The Balaban J connectivity index is 1.85. The molecule has 0 bridgehead atoms. The predicted molar refractivity (Wildman–Crippen MR) is 76.0 cm³/mol. The normalized spacial score (nSPS) is 21.4. The minimum Gasteiger partial charge on any atom is -0.490 e. The lowest BCUT2D eigenvalue weighted by molar-refractivity contribution is -0.0613. The fourth-order valence-corrected chi connectivity index (χ4v) is 4.07. The molecule has 7 heteroatoms. The maximum absolute atomic E-state index is 12.5. The van der Waals surface area contributed by atoms with Gasteiger partial charge >= 0.3 is 0 Å². The first-order valence-electron chi connectivity index (χ1n) is 7.07. The van der Waals surface area contributed by atoms with E-state index in [9.17, 15) is 13.5 Å². The van der Waals surface area contributed by atoms with E-state index in [1.807, 2.05) is 6.92 Å². The van der Waals surface area contributed by atoms with Gasteiger partial charge in [0.1, 0.15) is 0 Å². The first-order chi connectivity index (χ1) is 9.94. The van der Waals surface area contributed by atoms with E-state index < -0.39 is 15.6 Å². The van der Waals surface area contributed by atoms with Gasteiger partial charge in [-0.25, -0.2) is 8.42 Å². The number of sulfonamides is 1. The smallest absolute Gasteiger partial charge is 0.243 e. The minimum absolute atomic E-state index is 0.139. The molecule has 1 fully saturated rings. The highest BCUT2D eigenvalue weighted by Gasteiger charge is 2.46. The fourth-order valence-electron chi connectivity index (χ4n) is 2.46. The van der Waals surface area contributed by atoms with Crippen LogP contribution in [0.3, 0.4) is 0 Å². The predicted octanol–water partition coefficient (Wildman–Crippen LogP) is 0.993. The Morgan fingerprint density at radius 1 is 1.24 bits per heavy atom. The average molecular weight is 313 g/mol.